The Morgan fingerprint density at radius 2 is 1.86 bits per heavy atom. The number of halogens is 2. The van der Waals surface area contributed by atoms with Gasteiger partial charge in [0.2, 0.25) is 11.8 Å². The van der Waals surface area contributed by atoms with Crippen LogP contribution in [0.25, 0.3) is 0 Å². The second-order valence-corrected chi connectivity index (χ2v) is 8.40. The minimum absolute atomic E-state index is 0.0428. The van der Waals surface area contributed by atoms with Crippen molar-refractivity contribution in [2.75, 3.05) is 18.0 Å². The number of hydrogen-bond acceptors (Lipinski definition) is 5. The highest BCUT2D eigenvalue weighted by Gasteiger charge is 2.33. The van der Waals surface area contributed by atoms with Gasteiger partial charge in [-0.1, -0.05) is 0 Å². The van der Waals surface area contributed by atoms with Gasteiger partial charge in [0.25, 0.3) is 0 Å². The molecule has 29 heavy (non-hydrogen) atoms. The lowest BCUT2D eigenvalue weighted by Crippen LogP contribution is -2.40. The van der Waals surface area contributed by atoms with Gasteiger partial charge in [0.05, 0.1) is 12.0 Å². The zero-order valence-electron chi connectivity index (χ0n) is 16.7. The molecule has 2 atom stereocenters. The number of benzene rings is 1. The molecule has 0 aliphatic carbocycles. The zero-order chi connectivity index (χ0) is 21.3. The third kappa shape index (κ3) is 5.02. The monoisotopic (exact) mass is 409 g/mol. The van der Waals surface area contributed by atoms with Crippen molar-refractivity contribution in [3.63, 3.8) is 0 Å². The summed E-state index contributed by atoms with van der Waals surface area (Å²) in [5.41, 5.74) is -0.591. The van der Waals surface area contributed by atoms with Crippen molar-refractivity contribution in [3.8, 4) is 0 Å². The molecular formula is C20H25F2N3O4. The average molecular weight is 409 g/mol. The summed E-state index contributed by atoms with van der Waals surface area (Å²) in [4.78, 5) is 36.9. The number of alkyl carbamates (subject to hydrolysis) is 1. The first-order chi connectivity index (χ1) is 13.5. The fourth-order valence-corrected chi connectivity index (χ4v) is 3.64. The SMILES string of the molecule is CC(C)(C)OC(=O)NC1CCN(c2cc(F)c(C3CCC(=O)NC3=O)c(F)c2)C1. The standard InChI is InChI=1S/C20H25F2N3O4/c1-20(2,3)29-19(28)23-11-6-7-25(10-11)12-8-14(21)17(15(22)9-12)13-4-5-16(26)24-18(13)27/h8-9,11,13H,4-7,10H2,1-3H3,(H,23,28)(H,24,26,27). The molecule has 2 saturated heterocycles. The van der Waals surface area contributed by atoms with Crippen molar-refractivity contribution >= 4 is 23.6 Å². The quantitative estimate of drug-likeness (QED) is 0.750. The van der Waals surface area contributed by atoms with Crippen LogP contribution < -0.4 is 15.5 Å². The van der Waals surface area contributed by atoms with Crippen molar-refractivity contribution in [1.29, 1.82) is 0 Å². The number of nitrogens with one attached hydrogen (secondary N) is 2. The lowest BCUT2D eigenvalue weighted by Gasteiger charge is -2.24. The van der Waals surface area contributed by atoms with Gasteiger partial charge < -0.3 is 15.0 Å². The molecule has 2 aliphatic heterocycles. The number of anilines is 1. The number of ether oxygens (including phenoxy) is 1. The lowest BCUT2D eigenvalue weighted by atomic mass is 9.89. The van der Waals surface area contributed by atoms with Crippen molar-refractivity contribution in [2.45, 2.75) is 57.6 Å². The van der Waals surface area contributed by atoms with E-state index in [0.717, 1.165) is 0 Å². The van der Waals surface area contributed by atoms with E-state index in [1.807, 2.05) is 0 Å². The van der Waals surface area contributed by atoms with Gasteiger partial charge in [-0.3, -0.25) is 14.9 Å². The van der Waals surface area contributed by atoms with Gasteiger partial charge in [0.1, 0.15) is 17.2 Å². The largest absolute Gasteiger partial charge is 0.444 e. The molecule has 2 fully saturated rings. The Balaban J connectivity index is 1.69. The maximum Gasteiger partial charge on any atom is 0.407 e. The van der Waals surface area contributed by atoms with Crippen LogP contribution in [0.4, 0.5) is 19.3 Å². The van der Waals surface area contributed by atoms with Crippen LogP contribution in [-0.4, -0.2) is 42.6 Å². The van der Waals surface area contributed by atoms with E-state index in [-0.39, 0.29) is 24.4 Å². The van der Waals surface area contributed by atoms with Crippen LogP contribution >= 0.6 is 0 Å². The van der Waals surface area contributed by atoms with E-state index in [0.29, 0.717) is 25.2 Å². The molecule has 2 unspecified atom stereocenters. The van der Waals surface area contributed by atoms with E-state index in [9.17, 15) is 23.2 Å². The third-order valence-electron chi connectivity index (χ3n) is 4.93. The van der Waals surface area contributed by atoms with E-state index < -0.39 is 41.1 Å². The Hall–Kier alpha value is -2.71. The Morgan fingerprint density at radius 1 is 1.21 bits per heavy atom. The Labute approximate surface area is 167 Å². The molecule has 2 N–H and O–H groups in total. The van der Waals surface area contributed by atoms with Gasteiger partial charge in [0.15, 0.2) is 0 Å². The number of nitrogens with zero attached hydrogens (tertiary/aromatic N) is 1. The molecule has 0 spiro atoms. The maximum atomic E-state index is 14.7. The van der Waals surface area contributed by atoms with Crippen LogP contribution in [0.5, 0.6) is 0 Å². The Bertz CT molecular complexity index is 815. The molecule has 0 bridgehead atoms. The summed E-state index contributed by atoms with van der Waals surface area (Å²) in [5, 5.41) is 4.88. The zero-order valence-corrected chi connectivity index (χ0v) is 16.7. The highest BCUT2D eigenvalue weighted by molar-refractivity contribution is 6.01. The number of hydrogen-bond donors (Lipinski definition) is 2. The molecule has 158 valence electrons. The summed E-state index contributed by atoms with van der Waals surface area (Å²) in [6.45, 7) is 6.20. The molecule has 2 aliphatic rings. The van der Waals surface area contributed by atoms with Crippen LogP contribution in [0.15, 0.2) is 12.1 Å². The highest BCUT2D eigenvalue weighted by atomic mass is 19.1. The Morgan fingerprint density at radius 3 is 2.45 bits per heavy atom. The second-order valence-electron chi connectivity index (χ2n) is 8.40. The van der Waals surface area contributed by atoms with Gasteiger partial charge >= 0.3 is 6.09 Å². The first-order valence-corrected chi connectivity index (χ1v) is 9.60. The molecule has 0 aromatic heterocycles. The minimum Gasteiger partial charge on any atom is -0.444 e. The van der Waals surface area contributed by atoms with E-state index in [1.165, 1.54) is 12.1 Å². The molecule has 7 nitrogen and oxygen atoms in total. The van der Waals surface area contributed by atoms with Crippen LogP contribution in [0, 0.1) is 11.6 Å². The minimum atomic E-state index is -1.03. The van der Waals surface area contributed by atoms with E-state index in [1.54, 1.807) is 25.7 Å². The summed E-state index contributed by atoms with van der Waals surface area (Å²) in [7, 11) is 0. The maximum absolute atomic E-state index is 14.7. The van der Waals surface area contributed by atoms with Crippen LogP contribution in [0.2, 0.25) is 0 Å². The van der Waals surface area contributed by atoms with Gasteiger partial charge in [-0.05, 0) is 45.7 Å². The molecule has 0 radical (unpaired) electrons. The van der Waals surface area contributed by atoms with Crippen molar-refractivity contribution in [3.05, 3.63) is 29.3 Å². The van der Waals surface area contributed by atoms with Crippen molar-refractivity contribution < 1.29 is 27.9 Å². The number of carbonyl (C=O) groups excluding carboxylic acids is 3. The summed E-state index contributed by atoms with van der Waals surface area (Å²) in [5.74, 6) is -3.79. The number of carbonyl (C=O) groups is 3. The van der Waals surface area contributed by atoms with Gasteiger partial charge in [-0.2, -0.15) is 0 Å². The predicted molar refractivity (Wildman–Crippen MR) is 101 cm³/mol. The van der Waals surface area contributed by atoms with E-state index in [4.69, 9.17) is 4.74 Å². The summed E-state index contributed by atoms with van der Waals surface area (Å²) >= 11 is 0. The number of rotatable bonds is 3. The van der Waals surface area contributed by atoms with Crippen LogP contribution in [-0.2, 0) is 14.3 Å². The van der Waals surface area contributed by atoms with E-state index in [2.05, 4.69) is 10.6 Å². The highest BCUT2D eigenvalue weighted by Crippen LogP contribution is 2.33. The smallest absolute Gasteiger partial charge is 0.407 e. The van der Waals surface area contributed by atoms with Gasteiger partial charge in [-0.15, -0.1) is 0 Å². The molecular weight excluding hydrogens is 384 g/mol. The summed E-state index contributed by atoms with van der Waals surface area (Å²) < 4.78 is 34.6. The first-order valence-electron chi connectivity index (χ1n) is 9.60. The molecule has 2 heterocycles. The molecule has 1 aromatic carbocycles. The molecule has 0 saturated carbocycles. The normalized spacial score (nSPS) is 22.4. The van der Waals surface area contributed by atoms with Gasteiger partial charge in [0, 0.05) is 30.8 Å². The lowest BCUT2D eigenvalue weighted by molar-refractivity contribution is -0.134. The molecule has 9 heteroatoms. The second kappa shape index (κ2) is 7.96. The predicted octanol–water partition coefficient (Wildman–Crippen LogP) is 2.59. The number of amides is 3. The van der Waals surface area contributed by atoms with Gasteiger partial charge in [-0.25, -0.2) is 13.6 Å². The topological polar surface area (TPSA) is 87.7 Å². The average Bonchev–Trinajstić information content (AvgIpc) is 3.02. The molecule has 3 rings (SSSR count). The molecule has 1 aromatic rings. The first kappa shape index (κ1) is 21.0. The van der Waals surface area contributed by atoms with Crippen molar-refractivity contribution in [1.82, 2.24) is 10.6 Å². The van der Waals surface area contributed by atoms with E-state index >= 15 is 0 Å². The van der Waals surface area contributed by atoms with Crippen LogP contribution in [0.3, 0.4) is 0 Å². The third-order valence-corrected chi connectivity index (χ3v) is 4.93. The fraction of sp³-hybridized carbons (Fsp3) is 0.550. The molecule has 3 amide bonds. The summed E-state index contributed by atoms with van der Waals surface area (Å²) in [6, 6.07) is 2.18. The van der Waals surface area contributed by atoms with Crippen LogP contribution in [0.1, 0.15) is 51.5 Å². The number of imide groups is 1. The summed E-state index contributed by atoms with van der Waals surface area (Å²) in [6.07, 6.45) is 0.192. The number of piperidine rings is 1. The Kier molecular flexibility index (Phi) is 5.77. The van der Waals surface area contributed by atoms with Crippen molar-refractivity contribution in [2.24, 2.45) is 0 Å². The fourth-order valence-electron chi connectivity index (χ4n) is 3.64.